The van der Waals surface area contributed by atoms with E-state index in [1.807, 2.05) is 49.4 Å². The first-order valence-electron chi connectivity index (χ1n) is 11.3. The number of piperazine rings is 1. The van der Waals surface area contributed by atoms with Crippen LogP contribution in [0.3, 0.4) is 0 Å². The fraction of sp³-hybridized carbons (Fsp3) is 0.308. The average molecular weight is 493 g/mol. The zero-order chi connectivity index (χ0) is 24.8. The number of carbonyl (C=O) groups is 2. The summed E-state index contributed by atoms with van der Waals surface area (Å²) in [5.74, 6) is 1.26. The van der Waals surface area contributed by atoms with Crippen LogP contribution < -0.4 is 9.47 Å². The number of carbonyl (C=O) groups excluding carboxylic acids is 2. The molecule has 1 aliphatic heterocycles. The Bertz CT molecular complexity index is 1170. The Hall–Kier alpha value is -3.59. The highest BCUT2D eigenvalue weighted by Crippen LogP contribution is 2.27. The summed E-state index contributed by atoms with van der Waals surface area (Å²) in [5.41, 5.74) is 2.28. The molecule has 0 radical (unpaired) electrons. The summed E-state index contributed by atoms with van der Waals surface area (Å²) in [6, 6.07) is 18.7. The minimum absolute atomic E-state index is 0.0184. The van der Waals surface area contributed by atoms with Crippen LogP contribution in [0, 0.1) is 0 Å². The van der Waals surface area contributed by atoms with Gasteiger partial charge in [0.1, 0.15) is 16.5 Å². The molecule has 1 atom stereocenters. The van der Waals surface area contributed by atoms with Crippen molar-refractivity contribution in [2.75, 3.05) is 39.6 Å². The van der Waals surface area contributed by atoms with Crippen molar-refractivity contribution >= 4 is 23.6 Å². The van der Waals surface area contributed by atoms with Crippen LogP contribution in [-0.4, -0.2) is 77.5 Å². The van der Waals surface area contributed by atoms with Crippen molar-refractivity contribution in [2.24, 2.45) is 0 Å². The van der Waals surface area contributed by atoms with E-state index in [2.05, 4.69) is 10.2 Å². The quantitative estimate of drug-likeness (QED) is 0.466. The lowest BCUT2D eigenvalue weighted by Gasteiger charge is -2.40. The van der Waals surface area contributed by atoms with E-state index < -0.39 is 0 Å². The summed E-state index contributed by atoms with van der Waals surface area (Å²) in [4.78, 5) is 29.6. The molecule has 2 heterocycles. The molecule has 1 saturated heterocycles. The van der Waals surface area contributed by atoms with E-state index in [1.165, 1.54) is 18.9 Å². The number of aromatic nitrogens is 2. The minimum Gasteiger partial charge on any atom is -0.497 e. The van der Waals surface area contributed by atoms with Gasteiger partial charge in [-0.3, -0.25) is 9.59 Å². The van der Waals surface area contributed by atoms with Gasteiger partial charge < -0.3 is 19.3 Å². The van der Waals surface area contributed by atoms with E-state index in [1.54, 1.807) is 35.1 Å². The normalized spacial score (nSPS) is 15.6. The van der Waals surface area contributed by atoms with Crippen molar-refractivity contribution in [3.05, 3.63) is 66.2 Å². The molecule has 0 spiro atoms. The van der Waals surface area contributed by atoms with Crippen molar-refractivity contribution in [3.63, 3.8) is 0 Å². The topological polar surface area (TPSA) is 84.9 Å². The fourth-order valence-electron chi connectivity index (χ4n) is 4.00. The summed E-state index contributed by atoms with van der Waals surface area (Å²) < 4.78 is 10.6. The number of hydrogen-bond donors (Lipinski definition) is 0. The van der Waals surface area contributed by atoms with Crippen LogP contribution in [0.1, 0.15) is 17.3 Å². The maximum atomic E-state index is 13.2. The van der Waals surface area contributed by atoms with Crippen molar-refractivity contribution in [1.82, 2.24) is 20.0 Å². The van der Waals surface area contributed by atoms with Gasteiger partial charge in [0, 0.05) is 37.3 Å². The van der Waals surface area contributed by atoms with Gasteiger partial charge in [0.25, 0.3) is 5.91 Å². The maximum absolute atomic E-state index is 13.2. The smallest absolute Gasteiger partial charge is 0.257 e. The average Bonchev–Trinajstić information content (AvgIpc) is 2.91. The first-order valence-corrected chi connectivity index (χ1v) is 12.3. The third-order valence-corrected chi connectivity index (χ3v) is 6.84. The molecule has 2 amide bonds. The molecule has 35 heavy (non-hydrogen) atoms. The number of ether oxygens (including phenoxy) is 2. The van der Waals surface area contributed by atoms with Gasteiger partial charge in [-0.25, -0.2) is 0 Å². The molecule has 3 aromatic rings. The van der Waals surface area contributed by atoms with Gasteiger partial charge in [-0.15, -0.1) is 10.2 Å². The maximum Gasteiger partial charge on any atom is 0.257 e. The fourth-order valence-corrected chi connectivity index (χ4v) is 4.72. The molecule has 1 aromatic heterocycles. The highest BCUT2D eigenvalue weighted by atomic mass is 32.2. The standard InChI is InChI=1S/C26H28N4O4S/c1-18-16-29(13-14-30(18)26(32)21-10-9-20(33-2)15-23(21)34-3)25(31)17-35-24-12-11-22(27-28-24)19-7-5-4-6-8-19/h4-12,15,18H,13-14,16-17H2,1-3H3. The van der Waals surface area contributed by atoms with E-state index in [-0.39, 0.29) is 23.6 Å². The van der Waals surface area contributed by atoms with E-state index in [0.29, 0.717) is 41.7 Å². The third-order valence-electron chi connectivity index (χ3n) is 5.93. The molecular weight excluding hydrogens is 464 g/mol. The number of methoxy groups -OCH3 is 2. The van der Waals surface area contributed by atoms with Gasteiger partial charge in [0.05, 0.1) is 31.2 Å². The molecule has 0 N–H and O–H groups in total. The lowest BCUT2D eigenvalue weighted by Crippen LogP contribution is -2.55. The van der Waals surface area contributed by atoms with Crippen LogP contribution >= 0.6 is 11.8 Å². The zero-order valence-electron chi connectivity index (χ0n) is 20.0. The van der Waals surface area contributed by atoms with Crippen LogP contribution in [0.25, 0.3) is 11.3 Å². The summed E-state index contributed by atoms with van der Waals surface area (Å²) >= 11 is 1.37. The Morgan fingerprint density at radius 2 is 1.80 bits per heavy atom. The van der Waals surface area contributed by atoms with Crippen molar-refractivity contribution < 1.29 is 19.1 Å². The number of benzene rings is 2. The number of thioether (sulfide) groups is 1. The van der Waals surface area contributed by atoms with Crippen LogP contribution in [0.2, 0.25) is 0 Å². The lowest BCUT2D eigenvalue weighted by molar-refractivity contribution is -0.130. The molecule has 2 aromatic carbocycles. The lowest BCUT2D eigenvalue weighted by atomic mass is 10.1. The largest absolute Gasteiger partial charge is 0.497 e. The van der Waals surface area contributed by atoms with Crippen molar-refractivity contribution in [1.29, 1.82) is 0 Å². The number of nitrogens with zero attached hydrogens (tertiary/aromatic N) is 4. The van der Waals surface area contributed by atoms with Gasteiger partial charge in [-0.1, -0.05) is 42.1 Å². The molecule has 4 rings (SSSR count). The highest BCUT2D eigenvalue weighted by Gasteiger charge is 2.31. The Labute approximate surface area is 209 Å². The number of hydrogen-bond acceptors (Lipinski definition) is 7. The molecular formula is C26H28N4O4S. The Kier molecular flexibility index (Phi) is 7.87. The first-order chi connectivity index (χ1) is 17.0. The van der Waals surface area contributed by atoms with Gasteiger partial charge in [0.2, 0.25) is 5.91 Å². The monoisotopic (exact) mass is 492 g/mol. The molecule has 8 nitrogen and oxygen atoms in total. The molecule has 1 fully saturated rings. The summed E-state index contributed by atoms with van der Waals surface area (Å²) in [5, 5.41) is 9.23. The Balaban J connectivity index is 1.32. The predicted molar refractivity (Wildman–Crippen MR) is 135 cm³/mol. The van der Waals surface area contributed by atoms with Crippen LogP contribution in [0.4, 0.5) is 0 Å². The van der Waals surface area contributed by atoms with E-state index >= 15 is 0 Å². The summed E-state index contributed by atoms with van der Waals surface area (Å²) in [6.07, 6.45) is 0. The van der Waals surface area contributed by atoms with E-state index in [4.69, 9.17) is 9.47 Å². The molecule has 9 heteroatoms. The van der Waals surface area contributed by atoms with E-state index in [0.717, 1.165) is 11.3 Å². The molecule has 182 valence electrons. The van der Waals surface area contributed by atoms with Crippen LogP contribution in [-0.2, 0) is 4.79 Å². The van der Waals surface area contributed by atoms with Crippen molar-refractivity contribution in [3.8, 4) is 22.8 Å². The second kappa shape index (κ2) is 11.2. The first kappa shape index (κ1) is 24.5. The van der Waals surface area contributed by atoms with Gasteiger partial charge in [-0.05, 0) is 31.2 Å². The van der Waals surface area contributed by atoms with E-state index in [9.17, 15) is 9.59 Å². The molecule has 0 bridgehead atoms. The van der Waals surface area contributed by atoms with Gasteiger partial charge in [-0.2, -0.15) is 0 Å². The summed E-state index contributed by atoms with van der Waals surface area (Å²) in [6.45, 7) is 3.36. The van der Waals surface area contributed by atoms with Crippen LogP contribution in [0.15, 0.2) is 65.7 Å². The third kappa shape index (κ3) is 5.74. The molecule has 1 unspecified atom stereocenters. The summed E-state index contributed by atoms with van der Waals surface area (Å²) in [7, 11) is 3.10. The van der Waals surface area contributed by atoms with Crippen LogP contribution in [0.5, 0.6) is 11.5 Å². The molecule has 1 aliphatic rings. The SMILES string of the molecule is COc1ccc(C(=O)N2CCN(C(=O)CSc3ccc(-c4ccccc4)nn3)CC2C)c(OC)c1. The highest BCUT2D eigenvalue weighted by molar-refractivity contribution is 7.99. The Morgan fingerprint density at radius 1 is 1.00 bits per heavy atom. The van der Waals surface area contributed by atoms with Gasteiger partial charge >= 0.3 is 0 Å². The second-order valence-electron chi connectivity index (χ2n) is 8.17. The number of rotatable bonds is 7. The molecule has 0 saturated carbocycles. The Morgan fingerprint density at radius 3 is 2.46 bits per heavy atom. The minimum atomic E-state index is -0.123. The molecule has 0 aliphatic carbocycles. The zero-order valence-corrected chi connectivity index (χ0v) is 20.8. The number of amides is 2. The van der Waals surface area contributed by atoms with Gasteiger partial charge in [0.15, 0.2) is 0 Å². The van der Waals surface area contributed by atoms with Crippen molar-refractivity contribution in [2.45, 2.75) is 18.0 Å². The second-order valence-corrected chi connectivity index (χ2v) is 9.16. The predicted octanol–water partition coefficient (Wildman–Crippen LogP) is 3.63.